The number of halogens is 1. The Bertz CT molecular complexity index is 350. The Morgan fingerprint density at radius 3 is 1.94 bits per heavy atom. The molecule has 0 unspecified atom stereocenters. The van der Waals surface area contributed by atoms with Crippen molar-refractivity contribution >= 4 is 15.9 Å². The van der Waals surface area contributed by atoms with Crippen LogP contribution in [0.1, 0.15) is 19.4 Å². The molecule has 0 saturated carbocycles. The second-order valence-electron chi connectivity index (χ2n) is 4.25. The lowest BCUT2D eigenvalue weighted by molar-refractivity contribution is 0.338. The molecule has 0 bridgehead atoms. The van der Waals surface area contributed by atoms with Crippen molar-refractivity contribution in [1.82, 2.24) is 0 Å². The summed E-state index contributed by atoms with van der Waals surface area (Å²) in [5.41, 5.74) is 1.00. The Kier molecular flexibility index (Phi) is 4.08. The van der Waals surface area contributed by atoms with E-state index in [1.165, 1.54) is 14.2 Å². The second kappa shape index (κ2) is 4.95. The number of aromatic hydroxyl groups is 1. The smallest absolute Gasteiger partial charge is 0.200 e. The lowest BCUT2D eigenvalue weighted by Gasteiger charge is -2.24. The molecule has 0 spiro atoms. The minimum Gasteiger partial charge on any atom is -0.502 e. The van der Waals surface area contributed by atoms with Crippen LogP contribution in [0, 0.1) is 0 Å². The van der Waals surface area contributed by atoms with Crippen molar-refractivity contribution in [2.45, 2.75) is 19.3 Å². The highest BCUT2D eigenvalue weighted by molar-refractivity contribution is 9.09. The van der Waals surface area contributed by atoms with E-state index < -0.39 is 0 Å². The van der Waals surface area contributed by atoms with Crippen molar-refractivity contribution in [2.75, 3.05) is 19.5 Å². The third-order valence-corrected chi connectivity index (χ3v) is 4.00. The molecule has 0 aromatic heterocycles. The molecule has 0 heterocycles. The largest absolute Gasteiger partial charge is 0.502 e. The zero-order valence-corrected chi connectivity index (χ0v) is 11.6. The molecule has 0 aliphatic heterocycles. The van der Waals surface area contributed by atoms with Gasteiger partial charge in [-0.15, -0.1) is 0 Å². The van der Waals surface area contributed by atoms with Crippen LogP contribution < -0.4 is 9.47 Å². The fourth-order valence-corrected chi connectivity index (χ4v) is 1.69. The van der Waals surface area contributed by atoms with E-state index in [-0.39, 0.29) is 11.2 Å². The van der Waals surface area contributed by atoms with Crippen LogP contribution in [0.15, 0.2) is 12.1 Å². The Morgan fingerprint density at radius 2 is 1.62 bits per heavy atom. The fraction of sp³-hybridized carbons (Fsp3) is 0.500. The molecule has 3 nitrogen and oxygen atoms in total. The predicted molar refractivity (Wildman–Crippen MR) is 68.0 cm³/mol. The first-order chi connectivity index (χ1) is 7.46. The number of benzene rings is 1. The number of ether oxygens (including phenoxy) is 2. The molecule has 0 atom stereocenters. The van der Waals surface area contributed by atoms with Gasteiger partial charge in [0, 0.05) is 5.33 Å². The number of alkyl halides is 1. The summed E-state index contributed by atoms with van der Waals surface area (Å²) < 4.78 is 10.2. The van der Waals surface area contributed by atoms with Gasteiger partial charge in [-0.05, 0) is 23.1 Å². The number of phenolic OH excluding ortho intramolecular Hbond substituents is 1. The van der Waals surface area contributed by atoms with Crippen LogP contribution in [0.2, 0.25) is 0 Å². The van der Waals surface area contributed by atoms with Gasteiger partial charge in [0.1, 0.15) is 0 Å². The summed E-state index contributed by atoms with van der Waals surface area (Å²) >= 11 is 3.47. The standard InChI is InChI=1S/C12H17BrO3/c1-12(2,7-13)8-5-9(15-3)11(14)10(6-8)16-4/h5-6,14H,7H2,1-4H3. The van der Waals surface area contributed by atoms with E-state index in [2.05, 4.69) is 29.8 Å². The quantitative estimate of drug-likeness (QED) is 0.866. The molecular formula is C12H17BrO3. The molecule has 1 aromatic rings. The maximum atomic E-state index is 9.79. The molecule has 0 aliphatic carbocycles. The Balaban J connectivity index is 3.32. The van der Waals surface area contributed by atoms with Crippen molar-refractivity contribution < 1.29 is 14.6 Å². The molecule has 1 rings (SSSR count). The van der Waals surface area contributed by atoms with Gasteiger partial charge in [-0.3, -0.25) is 0 Å². The molecule has 16 heavy (non-hydrogen) atoms. The SMILES string of the molecule is COc1cc(C(C)(C)CBr)cc(OC)c1O. The topological polar surface area (TPSA) is 38.7 Å². The average Bonchev–Trinajstić information content (AvgIpc) is 2.29. The molecule has 0 fully saturated rings. The monoisotopic (exact) mass is 288 g/mol. The van der Waals surface area contributed by atoms with Crippen LogP contribution in [0.4, 0.5) is 0 Å². The van der Waals surface area contributed by atoms with E-state index in [4.69, 9.17) is 9.47 Å². The van der Waals surface area contributed by atoms with Crippen molar-refractivity contribution in [1.29, 1.82) is 0 Å². The van der Waals surface area contributed by atoms with Crippen molar-refractivity contribution in [2.24, 2.45) is 0 Å². The second-order valence-corrected chi connectivity index (χ2v) is 4.81. The van der Waals surface area contributed by atoms with Gasteiger partial charge in [0.05, 0.1) is 14.2 Å². The zero-order chi connectivity index (χ0) is 12.3. The van der Waals surface area contributed by atoms with Crippen LogP contribution in [0.5, 0.6) is 17.2 Å². The summed E-state index contributed by atoms with van der Waals surface area (Å²) in [7, 11) is 3.05. The van der Waals surface area contributed by atoms with E-state index in [0.717, 1.165) is 10.9 Å². The minimum atomic E-state index is -0.0474. The summed E-state index contributed by atoms with van der Waals surface area (Å²) in [4.78, 5) is 0. The summed E-state index contributed by atoms with van der Waals surface area (Å²) in [6.45, 7) is 4.21. The van der Waals surface area contributed by atoms with Gasteiger partial charge in [-0.25, -0.2) is 0 Å². The van der Waals surface area contributed by atoms with E-state index in [1.54, 1.807) is 0 Å². The van der Waals surface area contributed by atoms with Gasteiger partial charge in [-0.1, -0.05) is 29.8 Å². The van der Waals surface area contributed by atoms with Crippen molar-refractivity contribution in [3.05, 3.63) is 17.7 Å². The van der Waals surface area contributed by atoms with E-state index >= 15 is 0 Å². The molecule has 0 radical (unpaired) electrons. The number of methoxy groups -OCH3 is 2. The maximum absolute atomic E-state index is 9.79. The van der Waals surface area contributed by atoms with Crippen LogP contribution in [0.25, 0.3) is 0 Å². The highest BCUT2D eigenvalue weighted by Crippen LogP contribution is 2.40. The van der Waals surface area contributed by atoms with Gasteiger partial charge in [0.25, 0.3) is 0 Å². The van der Waals surface area contributed by atoms with Crippen LogP contribution >= 0.6 is 15.9 Å². The first kappa shape index (κ1) is 13.2. The summed E-state index contributed by atoms with van der Waals surface area (Å²) in [5.74, 6) is 0.908. The maximum Gasteiger partial charge on any atom is 0.200 e. The molecule has 0 aliphatic rings. The van der Waals surface area contributed by atoms with Crippen LogP contribution in [-0.4, -0.2) is 24.7 Å². The van der Waals surface area contributed by atoms with E-state index in [0.29, 0.717) is 11.5 Å². The molecule has 1 aromatic carbocycles. The van der Waals surface area contributed by atoms with Crippen molar-refractivity contribution in [3.8, 4) is 17.2 Å². The van der Waals surface area contributed by atoms with E-state index in [9.17, 15) is 5.11 Å². The van der Waals surface area contributed by atoms with Gasteiger partial charge >= 0.3 is 0 Å². The third kappa shape index (κ3) is 2.43. The fourth-order valence-electron chi connectivity index (χ4n) is 1.36. The Labute approximate surface area is 105 Å². The Hall–Kier alpha value is -0.900. The Morgan fingerprint density at radius 1 is 1.19 bits per heavy atom. The predicted octanol–water partition coefficient (Wildman–Crippen LogP) is 3.08. The van der Waals surface area contributed by atoms with Crippen LogP contribution in [-0.2, 0) is 5.41 Å². The normalized spacial score (nSPS) is 11.3. The molecule has 4 heteroatoms. The van der Waals surface area contributed by atoms with Gasteiger partial charge in [-0.2, -0.15) is 0 Å². The summed E-state index contributed by atoms with van der Waals surface area (Å²) in [6.07, 6.45) is 0. The molecular weight excluding hydrogens is 272 g/mol. The highest BCUT2D eigenvalue weighted by atomic mass is 79.9. The van der Waals surface area contributed by atoms with Gasteiger partial charge < -0.3 is 14.6 Å². The molecule has 0 amide bonds. The van der Waals surface area contributed by atoms with Crippen LogP contribution in [0.3, 0.4) is 0 Å². The summed E-state index contributed by atoms with van der Waals surface area (Å²) in [5, 5.41) is 10.6. The lowest BCUT2D eigenvalue weighted by atomic mass is 9.86. The minimum absolute atomic E-state index is 0.0409. The summed E-state index contributed by atoms with van der Waals surface area (Å²) in [6, 6.07) is 3.66. The van der Waals surface area contributed by atoms with Crippen molar-refractivity contribution in [3.63, 3.8) is 0 Å². The first-order valence-electron chi connectivity index (χ1n) is 4.97. The van der Waals surface area contributed by atoms with Gasteiger partial charge in [0.15, 0.2) is 11.5 Å². The van der Waals surface area contributed by atoms with E-state index in [1.807, 2.05) is 12.1 Å². The number of hydrogen-bond acceptors (Lipinski definition) is 3. The number of hydrogen-bond donors (Lipinski definition) is 1. The molecule has 1 N–H and O–H groups in total. The lowest BCUT2D eigenvalue weighted by Crippen LogP contribution is -2.18. The molecule has 90 valence electrons. The molecule has 0 saturated heterocycles. The third-order valence-electron chi connectivity index (χ3n) is 2.60. The average molecular weight is 289 g/mol. The number of phenols is 1. The first-order valence-corrected chi connectivity index (χ1v) is 6.10. The number of rotatable bonds is 4. The van der Waals surface area contributed by atoms with Gasteiger partial charge in [0.2, 0.25) is 5.75 Å². The zero-order valence-electron chi connectivity index (χ0n) is 10.0. The highest BCUT2D eigenvalue weighted by Gasteiger charge is 2.23.